The van der Waals surface area contributed by atoms with Gasteiger partial charge in [0, 0.05) is 12.6 Å². The summed E-state index contributed by atoms with van der Waals surface area (Å²) in [6, 6.07) is 6.27. The predicted octanol–water partition coefficient (Wildman–Crippen LogP) is 2.23. The lowest BCUT2D eigenvalue weighted by atomic mass is 10.2. The molecule has 23 heavy (non-hydrogen) atoms. The van der Waals surface area contributed by atoms with Crippen LogP contribution < -0.4 is 16.0 Å². The van der Waals surface area contributed by atoms with Crippen LogP contribution in [0, 0.1) is 5.82 Å². The molecule has 3 amide bonds. The highest BCUT2D eigenvalue weighted by Crippen LogP contribution is 2.19. The van der Waals surface area contributed by atoms with E-state index < -0.39 is 18.0 Å². The van der Waals surface area contributed by atoms with Crippen molar-refractivity contribution in [3.8, 4) is 0 Å². The van der Waals surface area contributed by atoms with Crippen LogP contribution in [0.25, 0.3) is 0 Å². The first-order valence-electron chi connectivity index (χ1n) is 6.79. The van der Waals surface area contributed by atoms with E-state index in [1.807, 2.05) is 0 Å². The van der Waals surface area contributed by atoms with Gasteiger partial charge in [-0.05, 0) is 30.3 Å². The van der Waals surface area contributed by atoms with Gasteiger partial charge in [-0.3, -0.25) is 4.79 Å². The van der Waals surface area contributed by atoms with Gasteiger partial charge >= 0.3 is 6.03 Å². The Morgan fingerprint density at radius 2 is 2.09 bits per heavy atom. The zero-order valence-corrected chi connectivity index (χ0v) is 12.3. The first-order valence-corrected chi connectivity index (χ1v) is 6.79. The lowest BCUT2D eigenvalue weighted by Gasteiger charge is -2.12. The zero-order chi connectivity index (χ0) is 16.8. The molecule has 0 fully saturated rings. The first-order chi connectivity index (χ1) is 11.0. The molecule has 0 radical (unpaired) electrons. The van der Waals surface area contributed by atoms with Gasteiger partial charge in [0.1, 0.15) is 17.7 Å². The van der Waals surface area contributed by atoms with Gasteiger partial charge in [-0.1, -0.05) is 0 Å². The molecule has 1 unspecified atom stereocenters. The zero-order valence-electron chi connectivity index (χ0n) is 12.3. The number of carbonyl (C=O) groups excluding carboxylic acids is 2. The second-order valence-corrected chi connectivity index (χ2v) is 4.74. The molecular weight excluding hydrogens is 305 g/mol. The normalized spacial score (nSPS) is 11.6. The average Bonchev–Trinajstić information content (AvgIpc) is 3.02. The number of urea groups is 1. The van der Waals surface area contributed by atoms with E-state index in [2.05, 4.69) is 16.0 Å². The van der Waals surface area contributed by atoms with Crippen LogP contribution in [0.2, 0.25) is 0 Å². The summed E-state index contributed by atoms with van der Waals surface area (Å²) in [4.78, 5) is 22.7. The highest BCUT2D eigenvalue weighted by Gasteiger charge is 2.13. The Morgan fingerprint density at radius 1 is 1.30 bits per heavy atom. The topological polar surface area (TPSA) is 104 Å². The third-order valence-electron chi connectivity index (χ3n) is 2.86. The van der Waals surface area contributed by atoms with Gasteiger partial charge in [-0.2, -0.15) is 0 Å². The third-order valence-corrected chi connectivity index (χ3v) is 2.86. The van der Waals surface area contributed by atoms with Crippen molar-refractivity contribution in [2.75, 3.05) is 17.2 Å². The van der Waals surface area contributed by atoms with E-state index in [-0.39, 0.29) is 18.1 Å². The number of furan rings is 1. The molecule has 0 saturated carbocycles. The van der Waals surface area contributed by atoms with Crippen molar-refractivity contribution >= 4 is 23.3 Å². The summed E-state index contributed by atoms with van der Waals surface area (Å²) in [5.74, 6) is -0.654. The minimum Gasteiger partial charge on any atom is -0.467 e. The van der Waals surface area contributed by atoms with Crippen molar-refractivity contribution in [2.24, 2.45) is 0 Å². The molecule has 0 aliphatic heterocycles. The standard InChI is InChI=1S/C15H16FN3O4/c1-9(20)18-10-4-5-11(16)12(7-10)19-15(22)17-8-13(21)14-3-2-6-23-14/h2-7,13,21H,8H2,1H3,(H,18,20)(H2,17,19,22). The van der Waals surface area contributed by atoms with Gasteiger partial charge in [0.25, 0.3) is 0 Å². The maximum absolute atomic E-state index is 13.7. The van der Waals surface area contributed by atoms with Crippen molar-refractivity contribution in [1.29, 1.82) is 0 Å². The van der Waals surface area contributed by atoms with Crippen LogP contribution in [-0.2, 0) is 4.79 Å². The van der Waals surface area contributed by atoms with Crippen molar-refractivity contribution in [3.05, 3.63) is 48.2 Å². The summed E-state index contributed by atoms with van der Waals surface area (Å²) in [5, 5.41) is 16.9. The fraction of sp³-hybridized carbons (Fsp3) is 0.200. The van der Waals surface area contributed by atoms with Crippen LogP contribution in [0.5, 0.6) is 0 Å². The van der Waals surface area contributed by atoms with Crippen LogP contribution in [0.15, 0.2) is 41.0 Å². The molecule has 0 saturated heterocycles. The molecule has 0 aliphatic carbocycles. The van der Waals surface area contributed by atoms with Gasteiger partial charge < -0.3 is 25.5 Å². The Morgan fingerprint density at radius 3 is 2.74 bits per heavy atom. The average molecular weight is 321 g/mol. The Labute approximate surface area is 131 Å². The lowest BCUT2D eigenvalue weighted by Crippen LogP contribution is -2.32. The van der Waals surface area contributed by atoms with E-state index >= 15 is 0 Å². The summed E-state index contributed by atoms with van der Waals surface area (Å²) >= 11 is 0. The molecule has 8 heteroatoms. The second kappa shape index (κ2) is 7.41. The molecule has 0 aliphatic rings. The number of benzene rings is 1. The van der Waals surface area contributed by atoms with Gasteiger partial charge in [-0.15, -0.1) is 0 Å². The summed E-state index contributed by atoms with van der Waals surface area (Å²) in [6.07, 6.45) is 0.396. The highest BCUT2D eigenvalue weighted by atomic mass is 19.1. The number of anilines is 2. The minimum atomic E-state index is -1.01. The molecule has 122 valence electrons. The number of carbonyl (C=O) groups is 2. The number of hydrogen-bond acceptors (Lipinski definition) is 4. The highest BCUT2D eigenvalue weighted by molar-refractivity contribution is 5.92. The maximum Gasteiger partial charge on any atom is 0.319 e. The maximum atomic E-state index is 13.7. The third kappa shape index (κ3) is 4.82. The first kappa shape index (κ1) is 16.5. The van der Waals surface area contributed by atoms with E-state index in [1.54, 1.807) is 12.1 Å². The number of amides is 3. The summed E-state index contributed by atoms with van der Waals surface area (Å²) in [6.45, 7) is 1.21. The minimum absolute atomic E-state index is 0.0961. The summed E-state index contributed by atoms with van der Waals surface area (Å²) in [7, 11) is 0. The monoisotopic (exact) mass is 321 g/mol. The van der Waals surface area contributed by atoms with Gasteiger partial charge in [0.05, 0.1) is 18.5 Å². The Hall–Kier alpha value is -2.87. The predicted molar refractivity (Wildman–Crippen MR) is 81.4 cm³/mol. The number of aliphatic hydroxyl groups excluding tert-OH is 1. The van der Waals surface area contributed by atoms with Gasteiger partial charge in [0.15, 0.2) is 0 Å². The van der Waals surface area contributed by atoms with Crippen molar-refractivity contribution in [2.45, 2.75) is 13.0 Å². The molecule has 0 bridgehead atoms. The van der Waals surface area contributed by atoms with Crippen LogP contribution >= 0.6 is 0 Å². The quantitative estimate of drug-likeness (QED) is 0.678. The molecule has 1 aromatic carbocycles. The van der Waals surface area contributed by atoms with Gasteiger partial charge in [0.2, 0.25) is 5.91 Å². The van der Waals surface area contributed by atoms with E-state index in [9.17, 15) is 19.1 Å². The van der Waals surface area contributed by atoms with Crippen molar-refractivity contribution < 1.29 is 23.5 Å². The molecule has 7 nitrogen and oxygen atoms in total. The molecule has 4 N–H and O–H groups in total. The molecule has 0 spiro atoms. The number of halogens is 1. The fourth-order valence-corrected chi connectivity index (χ4v) is 1.84. The number of rotatable bonds is 5. The van der Waals surface area contributed by atoms with Crippen LogP contribution in [0.4, 0.5) is 20.6 Å². The summed E-state index contributed by atoms with van der Waals surface area (Å²) < 4.78 is 18.7. The number of hydrogen-bond donors (Lipinski definition) is 4. The van der Waals surface area contributed by atoms with Crippen LogP contribution in [-0.4, -0.2) is 23.6 Å². The molecule has 2 rings (SSSR count). The Bertz CT molecular complexity index is 688. The second-order valence-electron chi connectivity index (χ2n) is 4.74. The number of nitrogens with one attached hydrogen (secondary N) is 3. The lowest BCUT2D eigenvalue weighted by molar-refractivity contribution is -0.114. The molecular formula is C15H16FN3O4. The Kier molecular flexibility index (Phi) is 5.32. The summed E-state index contributed by atoms with van der Waals surface area (Å²) in [5.41, 5.74) is 0.256. The van der Waals surface area contributed by atoms with E-state index in [1.165, 1.54) is 25.3 Å². The van der Waals surface area contributed by atoms with E-state index in [4.69, 9.17) is 4.42 Å². The van der Waals surface area contributed by atoms with Gasteiger partial charge in [-0.25, -0.2) is 9.18 Å². The van der Waals surface area contributed by atoms with Crippen molar-refractivity contribution in [1.82, 2.24) is 5.32 Å². The van der Waals surface area contributed by atoms with Crippen molar-refractivity contribution in [3.63, 3.8) is 0 Å². The van der Waals surface area contributed by atoms with E-state index in [0.717, 1.165) is 6.07 Å². The molecule has 1 atom stereocenters. The molecule has 1 heterocycles. The fourth-order valence-electron chi connectivity index (χ4n) is 1.84. The smallest absolute Gasteiger partial charge is 0.319 e. The number of aliphatic hydroxyl groups is 1. The Balaban J connectivity index is 1.93. The largest absolute Gasteiger partial charge is 0.467 e. The SMILES string of the molecule is CC(=O)Nc1ccc(F)c(NC(=O)NCC(O)c2ccco2)c1. The van der Waals surface area contributed by atoms with Crippen LogP contribution in [0.3, 0.4) is 0 Å². The molecule has 1 aromatic heterocycles. The van der Waals surface area contributed by atoms with Crippen LogP contribution in [0.1, 0.15) is 18.8 Å². The molecule has 2 aromatic rings. The van der Waals surface area contributed by atoms with E-state index in [0.29, 0.717) is 11.4 Å².